The van der Waals surface area contributed by atoms with E-state index >= 15 is 0 Å². The van der Waals surface area contributed by atoms with Crippen molar-refractivity contribution in [3.8, 4) is 0 Å². The minimum absolute atomic E-state index is 0.0288. The third-order valence-electron chi connectivity index (χ3n) is 2.38. The topological polar surface area (TPSA) is 59.1 Å². The number of aliphatic hydroxyl groups excluding tert-OH is 1. The molecule has 1 unspecified atom stereocenters. The van der Waals surface area contributed by atoms with E-state index in [0.717, 1.165) is 0 Å². The highest BCUT2D eigenvalue weighted by Crippen LogP contribution is 2.27. The van der Waals surface area contributed by atoms with Crippen molar-refractivity contribution in [2.24, 2.45) is 0 Å². The number of halogens is 1. The van der Waals surface area contributed by atoms with Crippen molar-refractivity contribution in [1.82, 2.24) is 4.98 Å². The first kappa shape index (κ1) is 10.6. The average Bonchev–Trinajstić information content (AvgIpc) is 2.33. The van der Waals surface area contributed by atoms with Crippen LogP contribution in [-0.2, 0) is 0 Å². The zero-order valence-electron chi connectivity index (χ0n) is 8.47. The van der Waals surface area contributed by atoms with Gasteiger partial charge in [-0.15, -0.1) is 0 Å². The van der Waals surface area contributed by atoms with Crippen molar-refractivity contribution in [1.29, 1.82) is 0 Å². The number of benzene rings is 1. The van der Waals surface area contributed by atoms with E-state index < -0.39 is 11.9 Å². The first-order valence-corrected chi connectivity index (χ1v) is 4.82. The van der Waals surface area contributed by atoms with E-state index in [9.17, 15) is 9.50 Å². The average molecular weight is 218 g/mol. The van der Waals surface area contributed by atoms with E-state index in [1.807, 2.05) is 0 Å². The Labute approximate surface area is 92.4 Å². The van der Waals surface area contributed by atoms with E-state index in [4.69, 9.17) is 5.73 Å². The maximum absolute atomic E-state index is 13.2. The van der Waals surface area contributed by atoms with Gasteiger partial charge in [0.2, 0.25) is 0 Å². The number of pyridine rings is 1. The van der Waals surface area contributed by atoms with Crippen molar-refractivity contribution in [3.05, 3.63) is 59.7 Å². The Morgan fingerprint density at radius 3 is 2.75 bits per heavy atom. The largest absolute Gasteiger partial charge is 0.396 e. The maximum Gasteiger partial charge on any atom is 0.146 e. The van der Waals surface area contributed by atoms with Gasteiger partial charge in [-0.3, -0.25) is 4.98 Å². The van der Waals surface area contributed by atoms with Gasteiger partial charge in [-0.05, 0) is 12.1 Å². The van der Waals surface area contributed by atoms with Crippen molar-refractivity contribution < 1.29 is 9.50 Å². The number of rotatable bonds is 2. The van der Waals surface area contributed by atoms with Gasteiger partial charge in [0.25, 0.3) is 0 Å². The van der Waals surface area contributed by atoms with Crippen LogP contribution in [0.25, 0.3) is 0 Å². The predicted octanol–water partition coefficient (Wildman–Crippen LogP) is 1.88. The number of aliphatic hydroxyl groups is 1. The van der Waals surface area contributed by atoms with E-state index in [2.05, 4.69) is 4.98 Å². The fourth-order valence-electron chi connectivity index (χ4n) is 1.51. The van der Waals surface area contributed by atoms with Crippen molar-refractivity contribution >= 4 is 5.69 Å². The molecule has 0 aliphatic rings. The second kappa shape index (κ2) is 4.28. The molecule has 82 valence electrons. The summed E-state index contributed by atoms with van der Waals surface area (Å²) >= 11 is 0. The van der Waals surface area contributed by atoms with E-state index in [1.54, 1.807) is 24.4 Å². The molecule has 3 nitrogen and oxygen atoms in total. The lowest BCUT2D eigenvalue weighted by Crippen LogP contribution is -2.05. The van der Waals surface area contributed by atoms with Crippen LogP contribution in [0.1, 0.15) is 17.2 Å². The zero-order valence-corrected chi connectivity index (χ0v) is 8.47. The summed E-state index contributed by atoms with van der Waals surface area (Å²) in [4.78, 5) is 3.89. The Morgan fingerprint density at radius 1 is 1.25 bits per heavy atom. The number of anilines is 1. The second-order valence-electron chi connectivity index (χ2n) is 3.43. The van der Waals surface area contributed by atoms with Crippen LogP contribution in [0, 0.1) is 5.82 Å². The molecule has 3 N–H and O–H groups in total. The molecule has 1 heterocycles. The number of nitrogen functional groups attached to an aromatic ring is 1. The summed E-state index contributed by atoms with van der Waals surface area (Å²) in [6, 6.07) is 7.78. The molecule has 0 fully saturated rings. The normalized spacial score (nSPS) is 12.4. The number of hydrogen-bond acceptors (Lipinski definition) is 3. The van der Waals surface area contributed by atoms with Crippen LogP contribution in [0.3, 0.4) is 0 Å². The van der Waals surface area contributed by atoms with Crippen LogP contribution in [0.5, 0.6) is 0 Å². The van der Waals surface area contributed by atoms with Crippen molar-refractivity contribution in [2.45, 2.75) is 6.10 Å². The van der Waals surface area contributed by atoms with E-state index in [-0.39, 0.29) is 5.69 Å². The summed E-state index contributed by atoms with van der Waals surface area (Å²) in [5, 5.41) is 10.0. The fourth-order valence-corrected chi connectivity index (χ4v) is 1.51. The second-order valence-corrected chi connectivity index (χ2v) is 3.43. The Morgan fingerprint density at radius 2 is 2.06 bits per heavy atom. The monoisotopic (exact) mass is 218 g/mol. The van der Waals surface area contributed by atoms with Gasteiger partial charge < -0.3 is 10.8 Å². The molecule has 1 aromatic carbocycles. The molecule has 0 aliphatic carbocycles. The maximum atomic E-state index is 13.2. The van der Waals surface area contributed by atoms with E-state index in [0.29, 0.717) is 11.1 Å². The molecule has 0 amide bonds. The van der Waals surface area contributed by atoms with Gasteiger partial charge >= 0.3 is 0 Å². The summed E-state index contributed by atoms with van der Waals surface area (Å²) < 4.78 is 13.2. The molecule has 1 aromatic heterocycles. The number of nitrogens with two attached hydrogens (primary N) is 1. The molecule has 2 aromatic rings. The molecule has 16 heavy (non-hydrogen) atoms. The Kier molecular flexibility index (Phi) is 2.83. The van der Waals surface area contributed by atoms with Crippen molar-refractivity contribution in [2.75, 3.05) is 5.73 Å². The fraction of sp³-hybridized carbons (Fsp3) is 0.0833. The van der Waals surface area contributed by atoms with Crippen LogP contribution in [0.15, 0.2) is 42.7 Å². The lowest BCUT2D eigenvalue weighted by atomic mass is 10.0. The lowest BCUT2D eigenvalue weighted by Gasteiger charge is -2.13. The molecule has 4 heteroatoms. The summed E-state index contributed by atoms with van der Waals surface area (Å²) in [6.45, 7) is 0. The summed E-state index contributed by atoms with van der Waals surface area (Å²) in [5.41, 5.74) is 6.47. The number of aromatic nitrogens is 1. The van der Waals surface area contributed by atoms with Gasteiger partial charge in [-0.1, -0.05) is 18.2 Å². The van der Waals surface area contributed by atoms with Crippen LogP contribution in [0.2, 0.25) is 0 Å². The molecule has 0 spiro atoms. The molecule has 0 saturated carbocycles. The molecular formula is C12H11FN2O. The highest BCUT2D eigenvalue weighted by molar-refractivity contribution is 5.51. The van der Waals surface area contributed by atoms with Crippen LogP contribution in [0.4, 0.5) is 10.1 Å². The van der Waals surface area contributed by atoms with E-state index in [1.165, 1.54) is 18.3 Å². The standard InChI is InChI=1S/C12H11FN2O/c13-10-5-1-4-9(11(10)14)12(16)8-3-2-6-15-7-8/h1-7,12,16H,14H2. The first-order valence-electron chi connectivity index (χ1n) is 4.82. The summed E-state index contributed by atoms with van der Waals surface area (Å²) in [7, 11) is 0. The summed E-state index contributed by atoms with van der Waals surface area (Å²) in [6.07, 6.45) is 2.17. The van der Waals surface area contributed by atoms with Gasteiger partial charge in [0.1, 0.15) is 11.9 Å². The van der Waals surface area contributed by atoms with Crippen LogP contribution in [-0.4, -0.2) is 10.1 Å². The first-order chi connectivity index (χ1) is 7.70. The number of para-hydroxylation sites is 1. The van der Waals surface area contributed by atoms with Gasteiger partial charge in [-0.2, -0.15) is 0 Å². The van der Waals surface area contributed by atoms with Gasteiger partial charge in [0, 0.05) is 23.5 Å². The minimum atomic E-state index is -0.954. The third-order valence-corrected chi connectivity index (χ3v) is 2.38. The minimum Gasteiger partial charge on any atom is -0.396 e. The highest BCUT2D eigenvalue weighted by Gasteiger charge is 2.15. The van der Waals surface area contributed by atoms with Crippen LogP contribution < -0.4 is 5.73 Å². The smallest absolute Gasteiger partial charge is 0.146 e. The Hall–Kier alpha value is -1.94. The van der Waals surface area contributed by atoms with Gasteiger partial charge in [0.05, 0.1) is 5.69 Å². The lowest BCUT2D eigenvalue weighted by molar-refractivity contribution is 0.220. The van der Waals surface area contributed by atoms with Crippen LogP contribution >= 0.6 is 0 Å². The molecular weight excluding hydrogens is 207 g/mol. The van der Waals surface area contributed by atoms with Gasteiger partial charge in [-0.25, -0.2) is 4.39 Å². The third kappa shape index (κ3) is 1.87. The quantitative estimate of drug-likeness (QED) is 0.757. The predicted molar refractivity (Wildman–Crippen MR) is 59.1 cm³/mol. The molecule has 0 bridgehead atoms. The number of nitrogens with zero attached hydrogens (tertiary/aromatic N) is 1. The summed E-state index contributed by atoms with van der Waals surface area (Å²) in [5.74, 6) is -0.527. The Balaban J connectivity index is 2.42. The SMILES string of the molecule is Nc1c(F)cccc1C(O)c1cccnc1. The number of hydrogen-bond donors (Lipinski definition) is 2. The molecule has 1 atom stereocenters. The molecule has 0 saturated heterocycles. The molecule has 0 aliphatic heterocycles. The highest BCUT2D eigenvalue weighted by atomic mass is 19.1. The molecule has 0 radical (unpaired) electrons. The Bertz CT molecular complexity index is 488. The van der Waals surface area contributed by atoms with Crippen molar-refractivity contribution in [3.63, 3.8) is 0 Å². The van der Waals surface area contributed by atoms with Gasteiger partial charge in [0.15, 0.2) is 0 Å². The molecule has 2 rings (SSSR count). The zero-order chi connectivity index (χ0) is 11.5.